The van der Waals surface area contributed by atoms with E-state index in [2.05, 4.69) is 15.2 Å². The van der Waals surface area contributed by atoms with Crippen molar-refractivity contribution in [1.82, 2.24) is 19.8 Å². The van der Waals surface area contributed by atoms with E-state index in [1.165, 1.54) is 12.8 Å². The lowest BCUT2D eigenvalue weighted by molar-refractivity contribution is 0.182. The number of hydrogen-bond acceptors (Lipinski definition) is 3. The summed E-state index contributed by atoms with van der Waals surface area (Å²) in [7, 11) is 4.00. The van der Waals surface area contributed by atoms with Gasteiger partial charge in [-0.15, -0.1) is 0 Å². The Bertz CT molecular complexity index is 350. The maximum atomic E-state index is 5.97. The van der Waals surface area contributed by atoms with Crippen LogP contribution in [0.4, 0.5) is 0 Å². The molecule has 1 saturated heterocycles. The van der Waals surface area contributed by atoms with Crippen LogP contribution in [0.5, 0.6) is 0 Å². The molecule has 0 aliphatic carbocycles. The van der Waals surface area contributed by atoms with Gasteiger partial charge in [0, 0.05) is 19.6 Å². The molecule has 90 valence electrons. The fourth-order valence-electron chi connectivity index (χ4n) is 2.21. The highest BCUT2D eigenvalue weighted by Gasteiger charge is 2.19. The summed E-state index contributed by atoms with van der Waals surface area (Å²) in [5.41, 5.74) is 0. The van der Waals surface area contributed by atoms with Crippen LogP contribution >= 0.6 is 11.6 Å². The fraction of sp³-hybridized carbons (Fsp3) is 0.727. The van der Waals surface area contributed by atoms with Crippen LogP contribution in [0.2, 0.25) is 5.15 Å². The Morgan fingerprint density at radius 3 is 3.06 bits per heavy atom. The summed E-state index contributed by atoms with van der Waals surface area (Å²) >= 11 is 5.97. The molecule has 0 radical (unpaired) electrons. The topological polar surface area (TPSA) is 33.1 Å². The molecule has 1 fully saturated rings. The quantitative estimate of drug-likeness (QED) is 0.867. The van der Waals surface area contributed by atoms with Crippen LogP contribution in [-0.4, -0.2) is 40.6 Å². The van der Waals surface area contributed by atoms with Gasteiger partial charge < -0.3 is 9.88 Å². The number of rotatable bonds is 3. The second-order valence-corrected chi connectivity index (χ2v) is 4.81. The summed E-state index contributed by atoms with van der Waals surface area (Å²) in [6.45, 7) is 3.14. The monoisotopic (exact) mass is 242 g/mol. The van der Waals surface area contributed by atoms with Crippen molar-refractivity contribution < 1.29 is 0 Å². The fourth-order valence-corrected chi connectivity index (χ4v) is 2.35. The summed E-state index contributed by atoms with van der Waals surface area (Å²) in [4.78, 5) is 6.76. The number of nitrogens with one attached hydrogen (secondary N) is 1. The van der Waals surface area contributed by atoms with Gasteiger partial charge in [-0.1, -0.05) is 11.6 Å². The molecular weight excluding hydrogens is 224 g/mol. The van der Waals surface area contributed by atoms with Crippen LogP contribution in [0.15, 0.2) is 6.20 Å². The van der Waals surface area contributed by atoms with Crippen molar-refractivity contribution in [2.24, 2.45) is 7.05 Å². The third kappa shape index (κ3) is 2.56. The zero-order valence-corrected chi connectivity index (χ0v) is 10.7. The standard InChI is InChI=1S/C11H19ClN4/c1-13-9-4-3-5-16(7-9)8-11-14-6-10(12)15(11)2/h6,9,13H,3-5,7-8H2,1-2H3. The van der Waals surface area contributed by atoms with Gasteiger partial charge in [0.25, 0.3) is 0 Å². The predicted molar refractivity (Wildman–Crippen MR) is 65.6 cm³/mol. The van der Waals surface area contributed by atoms with Gasteiger partial charge in [-0.2, -0.15) is 0 Å². The van der Waals surface area contributed by atoms with E-state index in [0.29, 0.717) is 11.2 Å². The summed E-state index contributed by atoms with van der Waals surface area (Å²) in [6, 6.07) is 0.615. The largest absolute Gasteiger partial charge is 0.321 e. The second kappa shape index (κ2) is 5.17. The first-order chi connectivity index (χ1) is 7.70. The summed E-state index contributed by atoms with van der Waals surface area (Å²) in [5.74, 6) is 1.04. The average Bonchev–Trinajstić information content (AvgIpc) is 2.61. The molecule has 2 rings (SSSR count). The van der Waals surface area contributed by atoms with E-state index in [4.69, 9.17) is 11.6 Å². The Balaban J connectivity index is 1.96. The molecule has 1 atom stereocenters. The molecular formula is C11H19ClN4. The molecule has 0 spiro atoms. The number of piperidine rings is 1. The average molecular weight is 243 g/mol. The van der Waals surface area contributed by atoms with Gasteiger partial charge in [-0.3, -0.25) is 4.90 Å². The zero-order valence-electron chi connectivity index (χ0n) is 9.91. The van der Waals surface area contributed by atoms with E-state index in [0.717, 1.165) is 25.5 Å². The van der Waals surface area contributed by atoms with Crippen molar-refractivity contribution in [1.29, 1.82) is 0 Å². The van der Waals surface area contributed by atoms with Crippen molar-refractivity contribution in [3.63, 3.8) is 0 Å². The van der Waals surface area contributed by atoms with Crippen LogP contribution < -0.4 is 5.32 Å². The Morgan fingerprint density at radius 2 is 2.44 bits per heavy atom. The van der Waals surface area contributed by atoms with Crippen LogP contribution in [0, 0.1) is 0 Å². The van der Waals surface area contributed by atoms with Crippen LogP contribution in [0.1, 0.15) is 18.7 Å². The van der Waals surface area contributed by atoms with Crippen molar-refractivity contribution in [3.05, 3.63) is 17.2 Å². The Labute approximate surface area is 102 Å². The molecule has 5 heteroatoms. The zero-order chi connectivity index (χ0) is 11.5. The number of likely N-dealkylation sites (tertiary alicyclic amines) is 1. The number of hydrogen-bond donors (Lipinski definition) is 1. The van der Waals surface area contributed by atoms with Crippen LogP contribution in [0.3, 0.4) is 0 Å². The summed E-state index contributed by atoms with van der Waals surface area (Å²) < 4.78 is 1.95. The first-order valence-corrected chi connectivity index (χ1v) is 6.14. The maximum Gasteiger partial charge on any atom is 0.128 e. The van der Waals surface area contributed by atoms with Crippen molar-refractivity contribution >= 4 is 11.6 Å². The van der Waals surface area contributed by atoms with E-state index < -0.39 is 0 Å². The SMILES string of the molecule is CNC1CCCN(Cc2ncc(Cl)n2C)C1. The first kappa shape index (κ1) is 11.9. The number of nitrogens with zero attached hydrogens (tertiary/aromatic N) is 3. The first-order valence-electron chi connectivity index (χ1n) is 5.76. The van der Waals surface area contributed by atoms with Gasteiger partial charge in [-0.05, 0) is 26.4 Å². The van der Waals surface area contributed by atoms with E-state index >= 15 is 0 Å². The Hall–Kier alpha value is -0.580. The molecule has 1 aliphatic heterocycles. The molecule has 1 unspecified atom stereocenters. The van der Waals surface area contributed by atoms with E-state index in [-0.39, 0.29) is 0 Å². The molecule has 1 aromatic rings. The Morgan fingerprint density at radius 1 is 1.62 bits per heavy atom. The lowest BCUT2D eigenvalue weighted by Gasteiger charge is -2.32. The second-order valence-electron chi connectivity index (χ2n) is 4.42. The minimum atomic E-state index is 0.615. The van der Waals surface area contributed by atoms with Gasteiger partial charge in [0.05, 0.1) is 12.7 Å². The van der Waals surface area contributed by atoms with Gasteiger partial charge in [0.2, 0.25) is 0 Å². The summed E-state index contributed by atoms with van der Waals surface area (Å²) in [6.07, 6.45) is 4.24. The lowest BCUT2D eigenvalue weighted by atomic mass is 10.1. The van der Waals surface area contributed by atoms with Crippen molar-refractivity contribution in [2.45, 2.75) is 25.4 Å². The summed E-state index contributed by atoms with van der Waals surface area (Å²) in [5, 5.41) is 4.05. The van der Waals surface area contributed by atoms with Gasteiger partial charge in [0.15, 0.2) is 0 Å². The normalized spacial score (nSPS) is 22.6. The Kier molecular flexibility index (Phi) is 3.84. The minimum Gasteiger partial charge on any atom is -0.321 e. The van der Waals surface area contributed by atoms with E-state index in [9.17, 15) is 0 Å². The van der Waals surface area contributed by atoms with Crippen LogP contribution in [-0.2, 0) is 13.6 Å². The molecule has 0 bridgehead atoms. The molecule has 1 aromatic heterocycles. The molecule has 16 heavy (non-hydrogen) atoms. The molecule has 1 aliphatic rings. The van der Waals surface area contributed by atoms with Crippen molar-refractivity contribution in [2.75, 3.05) is 20.1 Å². The lowest BCUT2D eigenvalue weighted by Crippen LogP contribution is -2.44. The molecule has 0 amide bonds. The minimum absolute atomic E-state index is 0.615. The highest BCUT2D eigenvalue weighted by atomic mass is 35.5. The van der Waals surface area contributed by atoms with Crippen LogP contribution in [0.25, 0.3) is 0 Å². The third-order valence-corrected chi connectivity index (χ3v) is 3.66. The number of likely N-dealkylation sites (N-methyl/N-ethyl adjacent to an activating group) is 1. The highest BCUT2D eigenvalue weighted by Crippen LogP contribution is 2.15. The van der Waals surface area contributed by atoms with E-state index in [1.807, 2.05) is 18.7 Å². The molecule has 0 aromatic carbocycles. The van der Waals surface area contributed by atoms with Gasteiger partial charge in [0.1, 0.15) is 11.0 Å². The number of halogens is 1. The molecule has 0 saturated carbocycles. The number of imidazole rings is 1. The number of aromatic nitrogens is 2. The van der Waals surface area contributed by atoms with E-state index in [1.54, 1.807) is 6.20 Å². The van der Waals surface area contributed by atoms with Gasteiger partial charge in [-0.25, -0.2) is 4.98 Å². The highest BCUT2D eigenvalue weighted by molar-refractivity contribution is 6.29. The molecule has 1 N–H and O–H groups in total. The van der Waals surface area contributed by atoms with Gasteiger partial charge >= 0.3 is 0 Å². The van der Waals surface area contributed by atoms with Crippen molar-refractivity contribution in [3.8, 4) is 0 Å². The predicted octanol–water partition coefficient (Wildman–Crippen LogP) is 1.26. The maximum absolute atomic E-state index is 5.97. The molecule has 2 heterocycles. The smallest absolute Gasteiger partial charge is 0.128 e. The molecule has 4 nitrogen and oxygen atoms in total. The third-order valence-electron chi connectivity index (χ3n) is 3.31.